The normalized spacial score (nSPS) is 24.6. The number of hydrogen-bond acceptors (Lipinski definition) is 3. The van der Waals surface area contributed by atoms with Gasteiger partial charge in [0.05, 0.1) is 17.1 Å². The Labute approximate surface area is 107 Å². The summed E-state index contributed by atoms with van der Waals surface area (Å²) in [7, 11) is 2.06. The smallest absolute Gasteiger partial charge is 0.140 e. The zero-order valence-electron chi connectivity index (χ0n) is 10.9. The molecular formula is C14H19N3O. The SMILES string of the molecule is CCC1CNCC(c2nc3ccccc3n2C)O1. The highest BCUT2D eigenvalue weighted by Gasteiger charge is 2.26. The largest absolute Gasteiger partial charge is 0.364 e. The molecular weight excluding hydrogens is 226 g/mol. The lowest BCUT2D eigenvalue weighted by Gasteiger charge is -2.29. The van der Waals surface area contributed by atoms with Crippen molar-refractivity contribution >= 4 is 11.0 Å². The molecule has 0 aliphatic carbocycles. The maximum Gasteiger partial charge on any atom is 0.140 e. The number of aromatic nitrogens is 2. The van der Waals surface area contributed by atoms with E-state index >= 15 is 0 Å². The van der Waals surface area contributed by atoms with Gasteiger partial charge in [-0.2, -0.15) is 0 Å². The van der Waals surface area contributed by atoms with Crippen molar-refractivity contribution in [2.45, 2.75) is 25.6 Å². The van der Waals surface area contributed by atoms with Crippen molar-refractivity contribution in [3.8, 4) is 0 Å². The van der Waals surface area contributed by atoms with Crippen LogP contribution in [0.2, 0.25) is 0 Å². The third-order valence-electron chi connectivity index (χ3n) is 3.62. The van der Waals surface area contributed by atoms with Crippen molar-refractivity contribution in [2.75, 3.05) is 13.1 Å². The molecule has 2 heterocycles. The molecule has 4 heteroatoms. The van der Waals surface area contributed by atoms with Gasteiger partial charge in [-0.15, -0.1) is 0 Å². The summed E-state index contributed by atoms with van der Waals surface area (Å²) in [4.78, 5) is 4.70. The molecule has 1 fully saturated rings. The van der Waals surface area contributed by atoms with Crippen LogP contribution in [-0.2, 0) is 11.8 Å². The number of para-hydroxylation sites is 2. The van der Waals surface area contributed by atoms with Gasteiger partial charge in [-0.1, -0.05) is 19.1 Å². The first-order valence-corrected chi connectivity index (χ1v) is 6.57. The van der Waals surface area contributed by atoms with Gasteiger partial charge in [0.2, 0.25) is 0 Å². The molecule has 96 valence electrons. The highest BCUT2D eigenvalue weighted by Crippen LogP contribution is 2.24. The first kappa shape index (κ1) is 11.7. The molecule has 0 saturated carbocycles. The number of benzene rings is 1. The van der Waals surface area contributed by atoms with Crippen molar-refractivity contribution in [2.24, 2.45) is 7.05 Å². The zero-order valence-corrected chi connectivity index (χ0v) is 10.9. The lowest BCUT2D eigenvalue weighted by Crippen LogP contribution is -2.40. The van der Waals surface area contributed by atoms with Crippen molar-refractivity contribution in [3.05, 3.63) is 30.1 Å². The Hall–Kier alpha value is -1.39. The zero-order chi connectivity index (χ0) is 12.5. The number of ether oxygens (including phenoxy) is 1. The number of morpholine rings is 1. The lowest BCUT2D eigenvalue weighted by molar-refractivity contribution is -0.0451. The molecule has 1 saturated heterocycles. The Morgan fingerprint density at radius 1 is 1.39 bits per heavy atom. The molecule has 1 aliphatic rings. The van der Waals surface area contributed by atoms with Gasteiger partial charge in [-0.05, 0) is 18.6 Å². The maximum absolute atomic E-state index is 6.09. The Bertz CT molecular complexity index is 549. The van der Waals surface area contributed by atoms with E-state index in [0.717, 1.165) is 36.4 Å². The van der Waals surface area contributed by atoms with Crippen molar-refractivity contribution < 1.29 is 4.74 Å². The van der Waals surface area contributed by atoms with Crippen molar-refractivity contribution in [3.63, 3.8) is 0 Å². The number of nitrogens with zero attached hydrogens (tertiary/aromatic N) is 2. The fourth-order valence-corrected chi connectivity index (χ4v) is 2.55. The minimum absolute atomic E-state index is 0.0566. The molecule has 1 aliphatic heterocycles. The minimum atomic E-state index is 0.0566. The summed E-state index contributed by atoms with van der Waals surface area (Å²) in [6.45, 7) is 3.94. The third-order valence-corrected chi connectivity index (χ3v) is 3.62. The summed E-state index contributed by atoms with van der Waals surface area (Å²) in [5, 5.41) is 3.43. The first-order valence-electron chi connectivity index (χ1n) is 6.57. The Morgan fingerprint density at radius 3 is 3.00 bits per heavy atom. The Kier molecular flexibility index (Phi) is 3.06. The molecule has 1 aromatic heterocycles. The van der Waals surface area contributed by atoms with Gasteiger partial charge in [0.15, 0.2) is 0 Å². The van der Waals surface area contributed by atoms with Crippen LogP contribution in [0.4, 0.5) is 0 Å². The lowest BCUT2D eigenvalue weighted by atomic mass is 10.2. The van der Waals surface area contributed by atoms with Crippen LogP contribution in [0.3, 0.4) is 0 Å². The fraction of sp³-hybridized carbons (Fsp3) is 0.500. The molecule has 0 bridgehead atoms. The average Bonchev–Trinajstić information content (AvgIpc) is 2.77. The summed E-state index contributed by atoms with van der Waals surface area (Å²) in [6, 6.07) is 8.21. The minimum Gasteiger partial charge on any atom is -0.364 e. The first-order chi connectivity index (χ1) is 8.79. The number of fused-ring (bicyclic) bond motifs is 1. The molecule has 0 radical (unpaired) electrons. The standard InChI is InChI=1S/C14H19N3O/c1-3-10-8-15-9-13(18-10)14-16-11-6-4-5-7-12(11)17(14)2/h4-7,10,13,15H,3,8-9H2,1-2H3. The molecule has 18 heavy (non-hydrogen) atoms. The van der Waals surface area contributed by atoms with Crippen LogP contribution >= 0.6 is 0 Å². The topological polar surface area (TPSA) is 39.1 Å². The van der Waals surface area contributed by atoms with E-state index in [-0.39, 0.29) is 6.10 Å². The molecule has 4 nitrogen and oxygen atoms in total. The van der Waals surface area contributed by atoms with Crippen LogP contribution < -0.4 is 5.32 Å². The average molecular weight is 245 g/mol. The van der Waals surface area contributed by atoms with E-state index < -0.39 is 0 Å². The molecule has 2 unspecified atom stereocenters. The van der Waals surface area contributed by atoms with E-state index in [1.54, 1.807) is 0 Å². The van der Waals surface area contributed by atoms with E-state index in [2.05, 4.69) is 29.9 Å². The number of aryl methyl sites for hydroxylation is 1. The molecule has 1 N–H and O–H groups in total. The summed E-state index contributed by atoms with van der Waals surface area (Å²) < 4.78 is 8.22. The van der Waals surface area contributed by atoms with Crippen LogP contribution in [0.25, 0.3) is 11.0 Å². The number of nitrogens with one attached hydrogen (secondary N) is 1. The van der Waals surface area contributed by atoms with Crippen molar-refractivity contribution in [1.29, 1.82) is 0 Å². The van der Waals surface area contributed by atoms with Gasteiger partial charge in [-0.25, -0.2) is 4.98 Å². The van der Waals surface area contributed by atoms with Gasteiger partial charge >= 0.3 is 0 Å². The molecule has 2 aromatic rings. The van der Waals surface area contributed by atoms with Gasteiger partial charge in [0, 0.05) is 20.1 Å². The van der Waals surface area contributed by atoms with E-state index in [0.29, 0.717) is 6.10 Å². The van der Waals surface area contributed by atoms with Gasteiger partial charge in [0.1, 0.15) is 11.9 Å². The second-order valence-corrected chi connectivity index (χ2v) is 4.83. The van der Waals surface area contributed by atoms with Crippen LogP contribution in [0, 0.1) is 0 Å². The fourth-order valence-electron chi connectivity index (χ4n) is 2.55. The third kappa shape index (κ3) is 1.91. The second-order valence-electron chi connectivity index (χ2n) is 4.83. The maximum atomic E-state index is 6.09. The Morgan fingerprint density at radius 2 is 2.22 bits per heavy atom. The molecule has 1 aromatic carbocycles. The summed E-state index contributed by atoms with van der Waals surface area (Å²) in [5.41, 5.74) is 2.20. The highest BCUT2D eigenvalue weighted by atomic mass is 16.5. The number of imidazole rings is 1. The van der Waals surface area contributed by atoms with E-state index in [1.807, 2.05) is 18.2 Å². The quantitative estimate of drug-likeness (QED) is 0.879. The van der Waals surface area contributed by atoms with Crippen LogP contribution in [0.15, 0.2) is 24.3 Å². The Balaban J connectivity index is 1.96. The van der Waals surface area contributed by atoms with Gasteiger partial charge < -0.3 is 14.6 Å². The molecule has 0 amide bonds. The van der Waals surface area contributed by atoms with Crippen molar-refractivity contribution in [1.82, 2.24) is 14.9 Å². The van der Waals surface area contributed by atoms with Gasteiger partial charge in [0.25, 0.3) is 0 Å². The van der Waals surface area contributed by atoms with E-state index in [1.165, 1.54) is 0 Å². The summed E-state index contributed by atoms with van der Waals surface area (Å²) >= 11 is 0. The van der Waals surface area contributed by atoms with Crippen LogP contribution in [-0.4, -0.2) is 28.7 Å². The molecule has 0 spiro atoms. The number of rotatable bonds is 2. The summed E-state index contributed by atoms with van der Waals surface area (Å²) in [6.07, 6.45) is 1.39. The van der Waals surface area contributed by atoms with Crippen LogP contribution in [0.5, 0.6) is 0 Å². The number of hydrogen-bond donors (Lipinski definition) is 1. The highest BCUT2D eigenvalue weighted by molar-refractivity contribution is 5.75. The molecule has 2 atom stereocenters. The van der Waals surface area contributed by atoms with E-state index in [9.17, 15) is 0 Å². The van der Waals surface area contributed by atoms with Crippen LogP contribution in [0.1, 0.15) is 25.3 Å². The predicted octanol–water partition coefficient (Wildman–Crippen LogP) is 2.01. The monoisotopic (exact) mass is 245 g/mol. The van der Waals surface area contributed by atoms with Gasteiger partial charge in [-0.3, -0.25) is 0 Å². The molecule has 3 rings (SSSR count). The van der Waals surface area contributed by atoms with E-state index in [4.69, 9.17) is 9.72 Å². The second kappa shape index (κ2) is 4.71. The summed E-state index contributed by atoms with van der Waals surface area (Å²) in [5.74, 6) is 1.02. The predicted molar refractivity (Wildman–Crippen MR) is 71.5 cm³/mol.